The molecule has 0 amide bonds. The van der Waals surface area contributed by atoms with Crippen molar-refractivity contribution in [2.45, 2.75) is 19.9 Å². The molecule has 1 unspecified atom stereocenters. The van der Waals surface area contributed by atoms with E-state index in [1.807, 2.05) is 18.2 Å². The van der Waals surface area contributed by atoms with Crippen LogP contribution in [0.15, 0.2) is 54.6 Å². The van der Waals surface area contributed by atoms with Crippen molar-refractivity contribution in [1.29, 1.82) is 0 Å². The molecule has 0 aliphatic carbocycles. The molecule has 112 valence electrons. The van der Waals surface area contributed by atoms with Crippen LogP contribution in [0.3, 0.4) is 0 Å². The summed E-state index contributed by atoms with van der Waals surface area (Å²) in [5.74, 6) is 0. The van der Waals surface area contributed by atoms with Gasteiger partial charge in [0, 0.05) is 17.9 Å². The summed E-state index contributed by atoms with van der Waals surface area (Å²) >= 11 is 0. The van der Waals surface area contributed by atoms with Crippen LogP contribution in [0.2, 0.25) is 0 Å². The Kier molecular flexibility index (Phi) is 5.64. The molecule has 3 nitrogen and oxygen atoms in total. The van der Waals surface area contributed by atoms with Crippen molar-refractivity contribution >= 4 is 11.4 Å². The van der Waals surface area contributed by atoms with E-state index in [1.165, 1.54) is 5.56 Å². The fraction of sp³-hybridized carbons (Fsp3) is 0.333. The van der Waals surface area contributed by atoms with Crippen molar-refractivity contribution in [3.05, 3.63) is 60.2 Å². The van der Waals surface area contributed by atoms with Crippen LogP contribution in [0.4, 0.5) is 11.4 Å². The lowest BCUT2D eigenvalue weighted by Crippen LogP contribution is -2.33. The number of nitrogens with two attached hydrogens (primary N) is 1. The van der Waals surface area contributed by atoms with Crippen molar-refractivity contribution in [3.63, 3.8) is 0 Å². The van der Waals surface area contributed by atoms with Crippen LogP contribution in [0.25, 0.3) is 0 Å². The standard InChI is InChI=1S/C18H25N3/c1-3-21(4-2)18(15-9-6-5-7-10-15)14-20-17-12-8-11-16(19)13-17/h5-13,18,20H,3-4,14,19H2,1-2H3. The zero-order chi connectivity index (χ0) is 15.1. The Balaban J connectivity index is 2.13. The number of nitrogens with one attached hydrogen (secondary N) is 1. The van der Waals surface area contributed by atoms with Crippen LogP contribution in [0.5, 0.6) is 0 Å². The SMILES string of the molecule is CCN(CC)C(CNc1cccc(N)c1)c1ccccc1. The fourth-order valence-corrected chi connectivity index (χ4v) is 2.66. The third-order valence-electron chi connectivity index (χ3n) is 3.82. The maximum absolute atomic E-state index is 5.84. The summed E-state index contributed by atoms with van der Waals surface area (Å²) in [5.41, 5.74) is 9.05. The first-order chi connectivity index (χ1) is 10.2. The lowest BCUT2D eigenvalue weighted by atomic mass is 10.0. The van der Waals surface area contributed by atoms with E-state index >= 15 is 0 Å². The Morgan fingerprint density at radius 1 is 1.00 bits per heavy atom. The molecule has 0 heterocycles. The van der Waals surface area contributed by atoms with Gasteiger partial charge in [-0.25, -0.2) is 0 Å². The van der Waals surface area contributed by atoms with Gasteiger partial charge in [-0.15, -0.1) is 0 Å². The predicted molar refractivity (Wildman–Crippen MR) is 91.4 cm³/mol. The highest BCUT2D eigenvalue weighted by Crippen LogP contribution is 2.21. The highest BCUT2D eigenvalue weighted by molar-refractivity contribution is 5.54. The second kappa shape index (κ2) is 7.70. The number of hydrogen-bond acceptors (Lipinski definition) is 3. The maximum Gasteiger partial charge on any atom is 0.0520 e. The second-order valence-corrected chi connectivity index (χ2v) is 5.15. The average molecular weight is 283 g/mol. The summed E-state index contributed by atoms with van der Waals surface area (Å²) in [6.07, 6.45) is 0. The first kappa shape index (κ1) is 15.4. The molecule has 2 aromatic rings. The lowest BCUT2D eigenvalue weighted by Gasteiger charge is -2.30. The predicted octanol–water partition coefficient (Wildman–Crippen LogP) is 3.76. The molecule has 0 spiro atoms. The number of likely N-dealkylation sites (N-methyl/N-ethyl adjacent to an activating group) is 1. The summed E-state index contributed by atoms with van der Waals surface area (Å²) in [6.45, 7) is 7.36. The van der Waals surface area contributed by atoms with Gasteiger partial charge < -0.3 is 11.1 Å². The van der Waals surface area contributed by atoms with Gasteiger partial charge in [0.25, 0.3) is 0 Å². The van der Waals surface area contributed by atoms with E-state index in [-0.39, 0.29) is 0 Å². The minimum absolute atomic E-state index is 0.364. The molecule has 0 fully saturated rings. The quantitative estimate of drug-likeness (QED) is 0.760. The molecule has 0 bridgehead atoms. The second-order valence-electron chi connectivity index (χ2n) is 5.15. The van der Waals surface area contributed by atoms with Crippen LogP contribution in [0.1, 0.15) is 25.5 Å². The van der Waals surface area contributed by atoms with Gasteiger partial charge >= 0.3 is 0 Å². The Bertz CT molecular complexity index is 535. The molecular weight excluding hydrogens is 258 g/mol. The van der Waals surface area contributed by atoms with Gasteiger partial charge in [0.2, 0.25) is 0 Å². The summed E-state index contributed by atoms with van der Waals surface area (Å²) in [7, 11) is 0. The Labute approximate surface area is 127 Å². The van der Waals surface area contributed by atoms with Gasteiger partial charge in [-0.3, -0.25) is 4.90 Å². The van der Waals surface area contributed by atoms with E-state index in [0.717, 1.165) is 31.0 Å². The molecule has 0 aliphatic rings. The number of nitrogen functional groups attached to an aromatic ring is 1. The van der Waals surface area contributed by atoms with Crippen LogP contribution in [-0.4, -0.2) is 24.5 Å². The summed E-state index contributed by atoms with van der Waals surface area (Å²) in [5, 5.41) is 3.51. The Morgan fingerprint density at radius 3 is 2.33 bits per heavy atom. The van der Waals surface area contributed by atoms with Gasteiger partial charge in [-0.05, 0) is 36.9 Å². The molecule has 0 saturated carbocycles. The Morgan fingerprint density at radius 2 is 1.71 bits per heavy atom. The summed E-state index contributed by atoms with van der Waals surface area (Å²) in [6, 6.07) is 18.9. The molecule has 0 aliphatic heterocycles. The van der Waals surface area contributed by atoms with Gasteiger partial charge in [0.15, 0.2) is 0 Å². The maximum atomic E-state index is 5.84. The van der Waals surface area contributed by atoms with Crippen LogP contribution in [0, 0.1) is 0 Å². The zero-order valence-electron chi connectivity index (χ0n) is 12.9. The fourth-order valence-electron chi connectivity index (χ4n) is 2.66. The minimum atomic E-state index is 0.364. The first-order valence-electron chi connectivity index (χ1n) is 7.63. The normalized spacial score (nSPS) is 12.3. The van der Waals surface area contributed by atoms with Gasteiger partial charge in [0.1, 0.15) is 0 Å². The number of nitrogens with zero attached hydrogens (tertiary/aromatic N) is 1. The van der Waals surface area contributed by atoms with E-state index in [2.05, 4.69) is 60.5 Å². The number of anilines is 2. The molecule has 1 atom stereocenters. The molecule has 21 heavy (non-hydrogen) atoms. The molecule has 3 heteroatoms. The minimum Gasteiger partial charge on any atom is -0.399 e. The van der Waals surface area contributed by atoms with Crippen LogP contribution >= 0.6 is 0 Å². The molecule has 2 aromatic carbocycles. The molecule has 0 saturated heterocycles. The lowest BCUT2D eigenvalue weighted by molar-refractivity contribution is 0.228. The zero-order valence-corrected chi connectivity index (χ0v) is 12.9. The van der Waals surface area contributed by atoms with Crippen molar-refractivity contribution in [3.8, 4) is 0 Å². The van der Waals surface area contributed by atoms with Gasteiger partial charge in [-0.2, -0.15) is 0 Å². The first-order valence-corrected chi connectivity index (χ1v) is 7.63. The summed E-state index contributed by atoms with van der Waals surface area (Å²) < 4.78 is 0. The van der Waals surface area contributed by atoms with Crippen LogP contribution < -0.4 is 11.1 Å². The molecule has 0 radical (unpaired) electrons. The average Bonchev–Trinajstić information content (AvgIpc) is 2.52. The summed E-state index contributed by atoms with van der Waals surface area (Å²) in [4.78, 5) is 2.47. The monoisotopic (exact) mass is 283 g/mol. The van der Waals surface area contributed by atoms with Crippen molar-refractivity contribution in [2.24, 2.45) is 0 Å². The molecule has 0 aromatic heterocycles. The molecular formula is C18H25N3. The largest absolute Gasteiger partial charge is 0.399 e. The molecule has 2 rings (SSSR count). The van der Waals surface area contributed by atoms with Crippen LogP contribution in [-0.2, 0) is 0 Å². The Hall–Kier alpha value is -2.00. The van der Waals surface area contributed by atoms with E-state index in [1.54, 1.807) is 0 Å². The van der Waals surface area contributed by atoms with E-state index in [9.17, 15) is 0 Å². The van der Waals surface area contributed by atoms with E-state index < -0.39 is 0 Å². The van der Waals surface area contributed by atoms with Crippen molar-refractivity contribution in [1.82, 2.24) is 4.90 Å². The van der Waals surface area contributed by atoms with Crippen molar-refractivity contribution < 1.29 is 0 Å². The third kappa shape index (κ3) is 4.23. The smallest absolute Gasteiger partial charge is 0.0520 e. The highest BCUT2D eigenvalue weighted by atomic mass is 15.2. The van der Waals surface area contributed by atoms with Crippen molar-refractivity contribution in [2.75, 3.05) is 30.7 Å². The van der Waals surface area contributed by atoms with E-state index in [4.69, 9.17) is 5.73 Å². The van der Waals surface area contributed by atoms with Gasteiger partial charge in [0.05, 0.1) is 6.04 Å². The number of hydrogen-bond donors (Lipinski definition) is 2. The number of rotatable bonds is 7. The van der Waals surface area contributed by atoms with Gasteiger partial charge in [-0.1, -0.05) is 50.2 Å². The third-order valence-corrected chi connectivity index (χ3v) is 3.82. The van der Waals surface area contributed by atoms with E-state index in [0.29, 0.717) is 6.04 Å². The molecule has 3 N–H and O–H groups in total. The topological polar surface area (TPSA) is 41.3 Å². The highest BCUT2D eigenvalue weighted by Gasteiger charge is 2.17. The number of benzene rings is 2.